The molecule has 9 heteroatoms. The molecule has 0 bridgehead atoms. The Morgan fingerprint density at radius 2 is 2.08 bits per heavy atom. The Morgan fingerprint density at radius 3 is 2.88 bits per heavy atom. The van der Waals surface area contributed by atoms with Crippen LogP contribution in [-0.4, -0.2) is 51.8 Å². The smallest absolute Gasteiger partial charge is 0.292 e. The van der Waals surface area contributed by atoms with Crippen LogP contribution in [0.5, 0.6) is 0 Å². The van der Waals surface area contributed by atoms with Gasteiger partial charge in [-0.1, -0.05) is 0 Å². The first-order chi connectivity index (χ1) is 12.1. The second-order valence-electron chi connectivity index (χ2n) is 6.29. The first-order valence-electron chi connectivity index (χ1n) is 8.22. The molecule has 0 aromatic carbocycles. The number of hydrogen-bond acceptors (Lipinski definition) is 6. The zero-order chi connectivity index (χ0) is 17.6. The highest BCUT2D eigenvalue weighted by molar-refractivity contribution is 5.91. The van der Waals surface area contributed by atoms with Crippen LogP contribution in [-0.2, 0) is 19.7 Å². The van der Waals surface area contributed by atoms with Gasteiger partial charge in [-0.15, -0.1) is 10.2 Å². The molecule has 1 amide bonds. The number of hydrogen-bond donors (Lipinski definition) is 1. The minimum Gasteiger partial charge on any atom is -0.390 e. The average molecular weight is 341 g/mol. The van der Waals surface area contributed by atoms with Gasteiger partial charge >= 0.3 is 0 Å². The van der Waals surface area contributed by atoms with E-state index >= 15 is 0 Å². The fourth-order valence-electron chi connectivity index (χ4n) is 3.28. The van der Waals surface area contributed by atoms with Gasteiger partial charge < -0.3 is 10.0 Å². The Hall–Kier alpha value is -2.81. The minimum atomic E-state index is -0.179. The molecule has 0 spiro atoms. The van der Waals surface area contributed by atoms with Gasteiger partial charge in [-0.2, -0.15) is 5.10 Å². The second-order valence-corrected chi connectivity index (χ2v) is 6.29. The molecule has 130 valence electrons. The maximum Gasteiger partial charge on any atom is 0.292 e. The van der Waals surface area contributed by atoms with Crippen molar-refractivity contribution in [3.05, 3.63) is 40.7 Å². The van der Waals surface area contributed by atoms with Gasteiger partial charge in [0.2, 0.25) is 5.82 Å². The van der Waals surface area contributed by atoms with E-state index in [-0.39, 0.29) is 18.3 Å². The van der Waals surface area contributed by atoms with Crippen molar-refractivity contribution >= 4 is 11.7 Å². The minimum absolute atomic E-state index is 0.104. The quantitative estimate of drug-likeness (QED) is 0.727. The number of rotatable bonds is 2. The van der Waals surface area contributed by atoms with Crippen LogP contribution in [0.15, 0.2) is 12.1 Å². The van der Waals surface area contributed by atoms with E-state index < -0.39 is 0 Å². The van der Waals surface area contributed by atoms with Gasteiger partial charge in [0.25, 0.3) is 11.7 Å². The molecule has 9 nitrogen and oxygen atoms in total. The summed E-state index contributed by atoms with van der Waals surface area (Å²) in [5, 5.41) is 21.7. The highest BCUT2D eigenvalue weighted by Gasteiger charge is 2.26. The van der Waals surface area contributed by atoms with Crippen molar-refractivity contribution in [1.82, 2.24) is 34.3 Å². The van der Waals surface area contributed by atoms with Gasteiger partial charge in [0, 0.05) is 24.5 Å². The van der Waals surface area contributed by atoms with Crippen LogP contribution in [0.4, 0.5) is 0 Å². The molecule has 3 aromatic heterocycles. The van der Waals surface area contributed by atoms with Crippen molar-refractivity contribution in [2.45, 2.75) is 40.0 Å². The third-order valence-electron chi connectivity index (χ3n) is 4.40. The third kappa shape index (κ3) is 2.66. The molecule has 0 saturated heterocycles. The van der Waals surface area contributed by atoms with E-state index in [4.69, 9.17) is 0 Å². The Morgan fingerprint density at radius 1 is 1.24 bits per heavy atom. The van der Waals surface area contributed by atoms with Crippen LogP contribution >= 0.6 is 0 Å². The SMILES string of the molecule is Cc1cc(C)n2c(C(=O)N3CCCn4nc(CO)cc4C3)nnc2n1. The summed E-state index contributed by atoms with van der Waals surface area (Å²) in [6.07, 6.45) is 0.790. The molecule has 0 atom stereocenters. The van der Waals surface area contributed by atoms with Gasteiger partial charge in [0.1, 0.15) is 0 Å². The van der Waals surface area contributed by atoms with Crippen LogP contribution in [0, 0.1) is 13.8 Å². The van der Waals surface area contributed by atoms with Crippen molar-refractivity contribution in [3.63, 3.8) is 0 Å². The van der Waals surface area contributed by atoms with Crippen LogP contribution in [0.1, 0.15) is 39.8 Å². The van der Waals surface area contributed by atoms with Crippen molar-refractivity contribution in [3.8, 4) is 0 Å². The molecule has 0 unspecified atom stereocenters. The third-order valence-corrected chi connectivity index (χ3v) is 4.40. The Labute approximate surface area is 143 Å². The van der Waals surface area contributed by atoms with Crippen LogP contribution in [0.3, 0.4) is 0 Å². The maximum atomic E-state index is 13.0. The molecule has 1 aliphatic heterocycles. The summed E-state index contributed by atoms with van der Waals surface area (Å²) in [4.78, 5) is 19.1. The van der Waals surface area contributed by atoms with Gasteiger partial charge in [0.15, 0.2) is 0 Å². The number of carbonyl (C=O) groups is 1. The number of aromatic nitrogens is 6. The number of nitrogens with zero attached hydrogens (tertiary/aromatic N) is 7. The van der Waals surface area contributed by atoms with E-state index in [0.29, 0.717) is 24.6 Å². The van der Waals surface area contributed by atoms with Crippen LogP contribution in [0.25, 0.3) is 5.78 Å². The number of carbonyl (C=O) groups excluding carboxylic acids is 1. The van der Waals surface area contributed by atoms with Crippen molar-refractivity contribution < 1.29 is 9.90 Å². The summed E-state index contributed by atoms with van der Waals surface area (Å²) in [6, 6.07) is 3.74. The zero-order valence-electron chi connectivity index (χ0n) is 14.2. The largest absolute Gasteiger partial charge is 0.390 e. The number of aryl methyl sites for hydroxylation is 3. The molecular weight excluding hydrogens is 322 g/mol. The number of fused-ring (bicyclic) bond motifs is 2. The predicted molar refractivity (Wildman–Crippen MR) is 87.8 cm³/mol. The Kier molecular flexibility index (Phi) is 3.72. The summed E-state index contributed by atoms with van der Waals surface area (Å²) >= 11 is 0. The summed E-state index contributed by atoms with van der Waals surface area (Å²) < 4.78 is 3.55. The van der Waals surface area contributed by atoms with Gasteiger partial charge in [-0.3, -0.25) is 13.9 Å². The molecule has 25 heavy (non-hydrogen) atoms. The van der Waals surface area contributed by atoms with E-state index in [9.17, 15) is 9.90 Å². The topological polar surface area (TPSA) is 101 Å². The van der Waals surface area contributed by atoms with Gasteiger partial charge in [0.05, 0.1) is 24.5 Å². The van der Waals surface area contributed by atoms with Crippen molar-refractivity contribution in [2.24, 2.45) is 0 Å². The Balaban J connectivity index is 1.69. The lowest BCUT2D eigenvalue weighted by Crippen LogP contribution is -2.32. The lowest BCUT2D eigenvalue weighted by Gasteiger charge is -2.19. The molecule has 1 aliphatic rings. The van der Waals surface area contributed by atoms with E-state index in [1.54, 1.807) is 9.30 Å². The maximum absolute atomic E-state index is 13.0. The van der Waals surface area contributed by atoms with Crippen LogP contribution < -0.4 is 0 Å². The number of aliphatic hydroxyl groups is 1. The molecule has 0 radical (unpaired) electrons. The molecule has 3 aromatic rings. The molecule has 4 heterocycles. The van der Waals surface area contributed by atoms with Gasteiger partial charge in [-0.05, 0) is 32.4 Å². The Bertz CT molecular complexity index is 959. The lowest BCUT2D eigenvalue weighted by molar-refractivity contribution is 0.0731. The van der Waals surface area contributed by atoms with E-state index in [1.165, 1.54) is 0 Å². The second kappa shape index (κ2) is 5.92. The highest BCUT2D eigenvalue weighted by atomic mass is 16.3. The zero-order valence-corrected chi connectivity index (χ0v) is 14.2. The number of aliphatic hydroxyl groups excluding tert-OH is 1. The molecule has 0 aliphatic carbocycles. The van der Waals surface area contributed by atoms with E-state index in [0.717, 1.165) is 30.0 Å². The van der Waals surface area contributed by atoms with Crippen molar-refractivity contribution in [1.29, 1.82) is 0 Å². The lowest BCUT2D eigenvalue weighted by atomic mass is 10.3. The molecule has 0 saturated carbocycles. The predicted octanol–water partition coefficient (Wildman–Crippen LogP) is 0.476. The van der Waals surface area contributed by atoms with Crippen LogP contribution in [0.2, 0.25) is 0 Å². The summed E-state index contributed by atoms with van der Waals surface area (Å²) in [5.74, 6) is 0.528. The summed E-state index contributed by atoms with van der Waals surface area (Å²) in [7, 11) is 0. The monoisotopic (exact) mass is 341 g/mol. The number of amides is 1. The fraction of sp³-hybridized carbons (Fsp3) is 0.438. The first kappa shape index (κ1) is 15.7. The van der Waals surface area contributed by atoms with E-state index in [2.05, 4.69) is 20.3 Å². The molecule has 4 rings (SSSR count). The first-order valence-corrected chi connectivity index (χ1v) is 8.22. The molecule has 1 N–H and O–H groups in total. The average Bonchev–Trinajstić information content (AvgIpc) is 3.12. The van der Waals surface area contributed by atoms with E-state index in [1.807, 2.05) is 30.7 Å². The molecular formula is C16H19N7O2. The van der Waals surface area contributed by atoms with Crippen molar-refractivity contribution in [2.75, 3.05) is 6.54 Å². The summed E-state index contributed by atoms with van der Waals surface area (Å²) in [5.41, 5.74) is 3.24. The van der Waals surface area contributed by atoms with Gasteiger partial charge in [-0.25, -0.2) is 4.98 Å². The summed E-state index contributed by atoms with van der Waals surface area (Å²) in [6.45, 7) is 5.46. The molecule has 0 fully saturated rings. The standard InChI is InChI=1S/C16H19N7O2/c1-10-6-11(2)23-14(18-19-16(23)17-10)15(25)21-4-3-5-22-13(8-21)7-12(9-24)20-22/h6-7,24H,3-5,8-9H2,1-2H3. The fourth-order valence-corrected chi connectivity index (χ4v) is 3.28. The normalized spacial score (nSPS) is 14.6. The highest BCUT2D eigenvalue weighted by Crippen LogP contribution is 2.17.